The first-order valence-electron chi connectivity index (χ1n) is 8.34. The average molecular weight is 374 g/mol. The third-order valence-corrected chi connectivity index (χ3v) is 4.60. The van der Waals surface area contributed by atoms with Crippen LogP contribution in [0.25, 0.3) is 5.65 Å². The Labute approximate surface area is 156 Å². The van der Waals surface area contributed by atoms with Crippen LogP contribution in [0.15, 0.2) is 47.4 Å². The molecule has 0 spiro atoms. The van der Waals surface area contributed by atoms with Crippen LogP contribution in [-0.4, -0.2) is 20.1 Å². The summed E-state index contributed by atoms with van der Waals surface area (Å²) in [5.74, 6) is -0.222. The largest absolute Gasteiger partial charge is 0.399 e. The molecule has 0 fully saturated rings. The highest BCUT2D eigenvalue weighted by Crippen LogP contribution is 2.30. The van der Waals surface area contributed by atoms with Crippen molar-refractivity contribution in [3.05, 3.63) is 64.2 Å². The normalized spacial score (nSPS) is 15.9. The maximum atomic E-state index is 12.4. The molecule has 2 heterocycles. The summed E-state index contributed by atoms with van der Waals surface area (Å²) in [6.45, 7) is -0.0959. The number of amides is 1. The van der Waals surface area contributed by atoms with E-state index in [1.165, 1.54) is 14.6 Å². The van der Waals surface area contributed by atoms with Gasteiger partial charge in [0.05, 0.1) is 6.04 Å². The SMILES string of the molecule is Cl.Nc1ccc2c(c1)CCCC2NC(=O)Cn1nc2ccccn2c1=O. The van der Waals surface area contributed by atoms with E-state index in [1.807, 2.05) is 18.2 Å². The minimum absolute atomic E-state index is 0. The van der Waals surface area contributed by atoms with Crippen LogP contribution in [0.5, 0.6) is 0 Å². The number of anilines is 1. The minimum Gasteiger partial charge on any atom is -0.399 e. The minimum atomic E-state index is -0.317. The maximum absolute atomic E-state index is 12.4. The monoisotopic (exact) mass is 373 g/mol. The summed E-state index contributed by atoms with van der Waals surface area (Å²) in [5.41, 5.74) is 9.09. The van der Waals surface area contributed by atoms with Crippen LogP contribution in [0.4, 0.5) is 5.69 Å². The fourth-order valence-electron chi connectivity index (χ4n) is 3.43. The molecule has 7 nitrogen and oxygen atoms in total. The maximum Gasteiger partial charge on any atom is 0.350 e. The number of nitrogens with zero attached hydrogens (tertiary/aromatic N) is 3. The number of carbonyl (C=O) groups excluding carboxylic acids is 1. The lowest BCUT2D eigenvalue weighted by molar-refractivity contribution is -0.122. The first-order valence-corrected chi connectivity index (χ1v) is 8.34. The highest BCUT2D eigenvalue weighted by atomic mass is 35.5. The van der Waals surface area contributed by atoms with Gasteiger partial charge in [-0.1, -0.05) is 12.1 Å². The molecule has 1 unspecified atom stereocenters. The van der Waals surface area contributed by atoms with Gasteiger partial charge in [-0.15, -0.1) is 17.5 Å². The van der Waals surface area contributed by atoms with Gasteiger partial charge in [0.15, 0.2) is 5.65 Å². The second-order valence-corrected chi connectivity index (χ2v) is 6.34. The number of nitrogens with two attached hydrogens (primary N) is 1. The predicted molar refractivity (Wildman–Crippen MR) is 101 cm³/mol. The second-order valence-electron chi connectivity index (χ2n) is 6.34. The number of hydrogen-bond donors (Lipinski definition) is 2. The Morgan fingerprint density at radius 3 is 2.96 bits per heavy atom. The molecule has 1 atom stereocenters. The van der Waals surface area contributed by atoms with Crippen molar-refractivity contribution < 1.29 is 4.79 Å². The number of fused-ring (bicyclic) bond motifs is 2. The number of benzene rings is 1. The van der Waals surface area contributed by atoms with Gasteiger partial charge in [0.25, 0.3) is 0 Å². The van der Waals surface area contributed by atoms with Crippen molar-refractivity contribution >= 4 is 29.6 Å². The molecule has 0 bridgehead atoms. The van der Waals surface area contributed by atoms with Crippen LogP contribution in [0.3, 0.4) is 0 Å². The summed E-state index contributed by atoms with van der Waals surface area (Å²) in [6, 6.07) is 11.0. The van der Waals surface area contributed by atoms with E-state index in [0.29, 0.717) is 5.65 Å². The Bertz CT molecular complexity index is 1010. The summed E-state index contributed by atoms with van der Waals surface area (Å²) in [6.07, 6.45) is 4.48. The van der Waals surface area contributed by atoms with Gasteiger partial charge < -0.3 is 11.1 Å². The number of pyridine rings is 1. The average Bonchev–Trinajstić information content (AvgIpc) is 2.91. The molecule has 0 saturated heterocycles. The van der Waals surface area contributed by atoms with E-state index in [1.54, 1.807) is 24.4 Å². The Balaban J connectivity index is 0.00000196. The van der Waals surface area contributed by atoms with Gasteiger partial charge in [-0.25, -0.2) is 9.48 Å². The first kappa shape index (κ1) is 18.0. The molecule has 3 aromatic rings. The molecule has 8 heteroatoms. The number of hydrogen-bond acceptors (Lipinski definition) is 4. The number of aromatic nitrogens is 3. The number of rotatable bonds is 3. The summed E-state index contributed by atoms with van der Waals surface area (Å²) in [5, 5.41) is 7.22. The van der Waals surface area contributed by atoms with E-state index in [9.17, 15) is 9.59 Å². The lowest BCUT2D eigenvalue weighted by Gasteiger charge is -2.26. The van der Waals surface area contributed by atoms with Crippen LogP contribution in [0, 0.1) is 0 Å². The van der Waals surface area contributed by atoms with E-state index < -0.39 is 0 Å². The zero-order valence-corrected chi connectivity index (χ0v) is 14.9. The zero-order chi connectivity index (χ0) is 17.4. The van der Waals surface area contributed by atoms with E-state index in [-0.39, 0.29) is 36.6 Å². The molecule has 0 aliphatic heterocycles. The Kier molecular flexibility index (Phi) is 4.99. The van der Waals surface area contributed by atoms with E-state index in [4.69, 9.17) is 5.73 Å². The van der Waals surface area contributed by atoms with Crippen molar-refractivity contribution in [3.63, 3.8) is 0 Å². The molecule has 3 N–H and O–H groups in total. The first-order chi connectivity index (χ1) is 12.1. The molecule has 0 saturated carbocycles. The molecule has 0 radical (unpaired) electrons. The van der Waals surface area contributed by atoms with Crippen LogP contribution in [-0.2, 0) is 17.8 Å². The fraction of sp³-hybridized carbons (Fsp3) is 0.278. The van der Waals surface area contributed by atoms with Gasteiger partial charge in [-0.05, 0) is 54.7 Å². The molecular formula is C18H20ClN5O2. The van der Waals surface area contributed by atoms with Gasteiger partial charge in [-0.2, -0.15) is 0 Å². The number of halogens is 1. The number of nitrogen functional groups attached to an aromatic ring is 1. The molecular weight excluding hydrogens is 354 g/mol. The summed E-state index contributed by atoms with van der Waals surface area (Å²) in [7, 11) is 0. The topological polar surface area (TPSA) is 94.4 Å². The number of aryl methyl sites for hydroxylation is 1. The van der Waals surface area contributed by atoms with Crippen molar-refractivity contribution in [2.45, 2.75) is 31.8 Å². The van der Waals surface area contributed by atoms with E-state index >= 15 is 0 Å². The molecule has 136 valence electrons. The smallest absolute Gasteiger partial charge is 0.350 e. The second kappa shape index (κ2) is 7.21. The summed E-state index contributed by atoms with van der Waals surface area (Å²) in [4.78, 5) is 24.7. The van der Waals surface area contributed by atoms with Crippen molar-refractivity contribution in [3.8, 4) is 0 Å². The molecule has 4 rings (SSSR count). The predicted octanol–water partition coefficient (Wildman–Crippen LogP) is 1.69. The molecule has 1 aliphatic rings. The number of nitrogens with one attached hydrogen (secondary N) is 1. The van der Waals surface area contributed by atoms with Crippen LogP contribution < -0.4 is 16.7 Å². The molecule has 2 aromatic heterocycles. The van der Waals surface area contributed by atoms with Crippen molar-refractivity contribution in [2.75, 3.05) is 5.73 Å². The van der Waals surface area contributed by atoms with Crippen LogP contribution >= 0.6 is 12.4 Å². The van der Waals surface area contributed by atoms with Gasteiger partial charge in [-0.3, -0.25) is 9.20 Å². The summed E-state index contributed by atoms with van der Waals surface area (Å²) >= 11 is 0. The molecule has 1 amide bonds. The van der Waals surface area contributed by atoms with E-state index in [2.05, 4.69) is 10.4 Å². The van der Waals surface area contributed by atoms with Crippen molar-refractivity contribution in [2.24, 2.45) is 0 Å². The van der Waals surface area contributed by atoms with Crippen molar-refractivity contribution in [1.82, 2.24) is 19.5 Å². The molecule has 1 aliphatic carbocycles. The highest BCUT2D eigenvalue weighted by Gasteiger charge is 2.22. The van der Waals surface area contributed by atoms with Crippen molar-refractivity contribution in [1.29, 1.82) is 0 Å². The zero-order valence-electron chi connectivity index (χ0n) is 14.1. The lowest BCUT2D eigenvalue weighted by Crippen LogP contribution is -2.36. The Morgan fingerprint density at radius 2 is 2.15 bits per heavy atom. The third kappa shape index (κ3) is 3.30. The van der Waals surface area contributed by atoms with Crippen LogP contribution in [0.1, 0.15) is 30.0 Å². The van der Waals surface area contributed by atoms with Gasteiger partial charge in [0.2, 0.25) is 5.91 Å². The van der Waals surface area contributed by atoms with Gasteiger partial charge in [0, 0.05) is 11.9 Å². The van der Waals surface area contributed by atoms with E-state index in [0.717, 1.165) is 30.5 Å². The summed E-state index contributed by atoms with van der Waals surface area (Å²) < 4.78 is 2.61. The fourth-order valence-corrected chi connectivity index (χ4v) is 3.43. The lowest BCUT2D eigenvalue weighted by atomic mass is 9.87. The quantitative estimate of drug-likeness (QED) is 0.683. The highest BCUT2D eigenvalue weighted by molar-refractivity contribution is 5.85. The molecule has 1 aromatic carbocycles. The standard InChI is InChI=1S/C18H19N5O2.ClH/c19-13-7-8-14-12(10-13)4-3-5-15(14)20-17(24)11-23-18(25)22-9-2-1-6-16(22)21-23;/h1-2,6-10,15H,3-5,11,19H2,(H,20,24);1H. The van der Waals surface area contributed by atoms with Gasteiger partial charge >= 0.3 is 5.69 Å². The Hall–Kier alpha value is -2.80. The van der Waals surface area contributed by atoms with Gasteiger partial charge in [0.1, 0.15) is 6.54 Å². The number of carbonyl (C=O) groups is 1. The molecule has 26 heavy (non-hydrogen) atoms. The van der Waals surface area contributed by atoms with Crippen LogP contribution in [0.2, 0.25) is 0 Å². The third-order valence-electron chi connectivity index (χ3n) is 4.60. The Morgan fingerprint density at radius 1 is 1.31 bits per heavy atom.